The van der Waals surface area contributed by atoms with Crippen molar-refractivity contribution in [2.45, 2.75) is 199 Å². The van der Waals surface area contributed by atoms with Crippen molar-refractivity contribution in [3.05, 3.63) is 48.6 Å². The van der Waals surface area contributed by atoms with E-state index in [9.17, 15) is 19.5 Å². The van der Waals surface area contributed by atoms with Crippen LogP contribution in [0.3, 0.4) is 0 Å². The van der Waals surface area contributed by atoms with Crippen LogP contribution in [0.25, 0.3) is 0 Å². The highest BCUT2D eigenvalue weighted by molar-refractivity contribution is 5.70. The monoisotopic (exact) mass is 788 g/mol. The van der Waals surface area contributed by atoms with Crippen LogP contribution in [0.5, 0.6) is 0 Å². The van der Waals surface area contributed by atoms with Gasteiger partial charge < -0.3 is 28.6 Å². The number of hydrogen-bond donors (Lipinski definition) is 0. The van der Waals surface area contributed by atoms with Crippen LogP contribution < -0.4 is 5.11 Å². The predicted molar refractivity (Wildman–Crippen MR) is 231 cm³/mol. The first kappa shape index (κ1) is 53.3. The molecule has 56 heavy (non-hydrogen) atoms. The molecule has 0 aromatic heterocycles. The zero-order valence-corrected chi connectivity index (χ0v) is 36.8. The minimum absolute atomic E-state index is 0.0336. The minimum Gasteiger partial charge on any atom is -0.544 e. The Bertz CT molecular complexity index is 1060. The number of esters is 2. The van der Waals surface area contributed by atoms with E-state index in [0.717, 1.165) is 77.0 Å². The number of unbranched alkanes of at least 4 members (excludes halogenated alkanes) is 18. The second kappa shape index (κ2) is 39.1. The molecule has 8 nitrogen and oxygen atoms in total. The fourth-order valence-electron chi connectivity index (χ4n) is 6.41. The number of carbonyl (C=O) groups is 3. The van der Waals surface area contributed by atoms with Gasteiger partial charge in [-0.2, -0.15) is 0 Å². The average molecular weight is 788 g/mol. The van der Waals surface area contributed by atoms with Crippen molar-refractivity contribution in [3.8, 4) is 0 Å². The van der Waals surface area contributed by atoms with E-state index >= 15 is 0 Å². The number of quaternary nitrogens is 1. The summed E-state index contributed by atoms with van der Waals surface area (Å²) >= 11 is 0. The summed E-state index contributed by atoms with van der Waals surface area (Å²) in [5, 5.41) is 11.6. The Morgan fingerprint density at radius 1 is 0.536 bits per heavy atom. The molecule has 0 radical (unpaired) electrons. The summed E-state index contributed by atoms with van der Waals surface area (Å²) in [6.45, 7) is 4.60. The number of aliphatic carboxylic acids is 1. The Hall–Kier alpha value is -2.71. The van der Waals surface area contributed by atoms with Crippen molar-refractivity contribution >= 4 is 17.9 Å². The number of hydrogen-bond acceptors (Lipinski definition) is 7. The fraction of sp³-hybridized carbons (Fsp3) is 0.771. The van der Waals surface area contributed by atoms with Gasteiger partial charge in [-0.05, 0) is 57.8 Å². The summed E-state index contributed by atoms with van der Waals surface area (Å²) in [4.78, 5) is 36.8. The van der Waals surface area contributed by atoms with Gasteiger partial charge in [0.1, 0.15) is 12.6 Å². The average Bonchev–Trinajstić information content (AvgIpc) is 3.15. The van der Waals surface area contributed by atoms with E-state index in [4.69, 9.17) is 14.2 Å². The highest BCUT2D eigenvalue weighted by atomic mass is 16.6. The summed E-state index contributed by atoms with van der Waals surface area (Å²) in [6.07, 6.45) is 45.6. The van der Waals surface area contributed by atoms with E-state index in [1.54, 1.807) is 21.1 Å². The van der Waals surface area contributed by atoms with Crippen LogP contribution in [0, 0.1) is 0 Å². The summed E-state index contributed by atoms with van der Waals surface area (Å²) in [5.41, 5.74) is 0. The third-order valence-electron chi connectivity index (χ3n) is 9.97. The molecular weight excluding hydrogens is 703 g/mol. The first-order chi connectivity index (χ1) is 27.1. The normalized spacial score (nSPS) is 13.4. The van der Waals surface area contributed by atoms with Crippen molar-refractivity contribution in [2.75, 3.05) is 41.0 Å². The molecule has 324 valence electrons. The Kier molecular flexibility index (Phi) is 37.2. The highest BCUT2D eigenvalue weighted by Crippen LogP contribution is 2.14. The molecule has 0 spiro atoms. The number of likely N-dealkylation sites (N-methyl/N-ethyl adjacent to an activating group) is 1. The second-order valence-electron chi connectivity index (χ2n) is 16.3. The largest absolute Gasteiger partial charge is 0.544 e. The van der Waals surface area contributed by atoms with Gasteiger partial charge in [0, 0.05) is 19.3 Å². The maximum Gasteiger partial charge on any atom is 0.306 e. The molecule has 2 atom stereocenters. The fourth-order valence-corrected chi connectivity index (χ4v) is 6.41. The number of carbonyl (C=O) groups excluding carboxylic acids is 3. The van der Waals surface area contributed by atoms with Crippen molar-refractivity contribution in [3.63, 3.8) is 0 Å². The van der Waals surface area contributed by atoms with Crippen molar-refractivity contribution in [1.29, 1.82) is 0 Å². The molecule has 0 saturated heterocycles. The van der Waals surface area contributed by atoms with Gasteiger partial charge in [0.05, 0.1) is 40.3 Å². The molecular formula is C48H85NO7. The molecule has 0 aromatic carbocycles. The van der Waals surface area contributed by atoms with E-state index in [2.05, 4.69) is 62.5 Å². The van der Waals surface area contributed by atoms with Gasteiger partial charge in [-0.1, -0.05) is 159 Å². The molecule has 0 amide bonds. The number of ether oxygens (including phenoxy) is 3. The molecule has 0 aliphatic carbocycles. The van der Waals surface area contributed by atoms with E-state index in [0.29, 0.717) is 12.8 Å². The van der Waals surface area contributed by atoms with E-state index in [1.165, 1.54) is 77.0 Å². The SMILES string of the molecule is CCCCC/C=C/C/C=C/C/C=C/C/C=C/CCCCCCCC(=O)OC(COCCC(C(=O)[O-])[N+](C)(C)C)COC(=O)CCCCCCCCCCCCC. The molecule has 0 bridgehead atoms. The summed E-state index contributed by atoms with van der Waals surface area (Å²) in [7, 11) is 5.40. The minimum atomic E-state index is -1.13. The molecule has 0 heterocycles. The molecule has 0 N–H and O–H groups in total. The quantitative estimate of drug-likeness (QED) is 0.0264. The zero-order chi connectivity index (χ0) is 41.4. The van der Waals surface area contributed by atoms with Crippen LogP contribution in [0.2, 0.25) is 0 Å². The third kappa shape index (κ3) is 36.9. The number of carboxylic acids is 1. The lowest BCUT2D eigenvalue weighted by Gasteiger charge is -2.34. The predicted octanol–water partition coefficient (Wildman–Crippen LogP) is 11.1. The molecule has 0 aliphatic rings. The van der Waals surface area contributed by atoms with Gasteiger partial charge in [-0.15, -0.1) is 0 Å². The molecule has 2 unspecified atom stereocenters. The van der Waals surface area contributed by atoms with Crippen LogP contribution in [0.4, 0.5) is 0 Å². The lowest BCUT2D eigenvalue weighted by Crippen LogP contribution is -2.55. The van der Waals surface area contributed by atoms with E-state index in [-0.39, 0.29) is 42.7 Å². The van der Waals surface area contributed by atoms with Gasteiger partial charge in [-0.3, -0.25) is 9.59 Å². The zero-order valence-electron chi connectivity index (χ0n) is 36.8. The molecule has 0 saturated carbocycles. The third-order valence-corrected chi connectivity index (χ3v) is 9.97. The Labute approximate surface area is 344 Å². The van der Waals surface area contributed by atoms with E-state index in [1.807, 2.05) is 0 Å². The molecule has 0 aliphatic heterocycles. The smallest absolute Gasteiger partial charge is 0.306 e. The maximum absolute atomic E-state index is 12.7. The molecule has 0 rings (SSSR count). The Morgan fingerprint density at radius 3 is 1.43 bits per heavy atom. The standard InChI is InChI=1S/C48H85NO7/c1-6-8-10-12-14-16-18-19-20-21-22-23-24-25-26-27-29-31-33-35-37-39-47(51)56-44(42-54-41-40-45(48(52)53)49(3,4)5)43-55-46(50)38-36-34-32-30-28-17-15-13-11-9-7-2/h14,16,19-20,22-23,25-26,44-45H,6-13,15,17-18,21,24,27-43H2,1-5H3/b16-14+,20-19+,23-22+,26-25+. The highest BCUT2D eigenvalue weighted by Gasteiger charge is 2.25. The van der Waals surface area contributed by atoms with Gasteiger partial charge in [0.15, 0.2) is 6.10 Å². The lowest BCUT2D eigenvalue weighted by molar-refractivity contribution is -0.889. The summed E-state index contributed by atoms with van der Waals surface area (Å²) < 4.78 is 17.1. The van der Waals surface area contributed by atoms with Crippen LogP contribution in [-0.4, -0.2) is 75.5 Å². The number of rotatable bonds is 40. The number of allylic oxidation sites excluding steroid dienone is 8. The first-order valence-corrected chi connectivity index (χ1v) is 22.7. The molecule has 0 fully saturated rings. The van der Waals surface area contributed by atoms with Gasteiger partial charge in [0.2, 0.25) is 0 Å². The van der Waals surface area contributed by atoms with Gasteiger partial charge in [-0.25, -0.2) is 0 Å². The molecule has 0 aromatic rings. The topological polar surface area (TPSA) is 102 Å². The van der Waals surface area contributed by atoms with Gasteiger partial charge >= 0.3 is 11.9 Å². The maximum atomic E-state index is 12.7. The van der Waals surface area contributed by atoms with Crippen molar-refractivity contribution in [2.24, 2.45) is 0 Å². The first-order valence-electron chi connectivity index (χ1n) is 22.7. The molecule has 8 heteroatoms. The number of carboxylic acid groups (broad SMARTS) is 1. The lowest BCUT2D eigenvalue weighted by atomic mass is 10.1. The van der Waals surface area contributed by atoms with Crippen LogP contribution in [-0.2, 0) is 28.6 Å². The summed E-state index contributed by atoms with van der Waals surface area (Å²) in [5.74, 6) is -1.76. The van der Waals surface area contributed by atoms with Crippen LogP contribution in [0.15, 0.2) is 48.6 Å². The van der Waals surface area contributed by atoms with Crippen molar-refractivity contribution < 1.29 is 38.2 Å². The Balaban J connectivity index is 4.34. The number of nitrogens with zero attached hydrogens (tertiary/aromatic N) is 1. The summed E-state index contributed by atoms with van der Waals surface area (Å²) in [6, 6.07) is -0.729. The van der Waals surface area contributed by atoms with Crippen molar-refractivity contribution in [1.82, 2.24) is 0 Å². The van der Waals surface area contributed by atoms with Crippen LogP contribution >= 0.6 is 0 Å². The van der Waals surface area contributed by atoms with Crippen LogP contribution in [0.1, 0.15) is 187 Å². The van der Waals surface area contributed by atoms with E-state index < -0.39 is 18.1 Å². The second-order valence-corrected chi connectivity index (χ2v) is 16.3. The van der Waals surface area contributed by atoms with Gasteiger partial charge in [0.25, 0.3) is 0 Å². The Morgan fingerprint density at radius 2 is 0.946 bits per heavy atom.